The third kappa shape index (κ3) is 26.3. The number of unbranched alkanes of at least 4 members (excludes halogenated alkanes) is 2. The van der Waals surface area contributed by atoms with Gasteiger partial charge in [0.25, 0.3) is 0 Å². The molecule has 4 aromatic rings. The molecule has 1 fully saturated rings. The molecule has 27 heteroatoms. The van der Waals surface area contributed by atoms with Gasteiger partial charge in [-0.3, -0.25) is 47.9 Å². The van der Waals surface area contributed by atoms with Gasteiger partial charge in [-0.15, -0.1) is 0 Å². The number of rotatable bonds is 45. The zero-order valence-corrected chi connectivity index (χ0v) is 65.2. The molecule has 0 spiro atoms. The van der Waals surface area contributed by atoms with Crippen LogP contribution in [0.1, 0.15) is 156 Å². The van der Waals surface area contributed by atoms with E-state index in [1.54, 1.807) is 71.3 Å². The maximum Gasteiger partial charge on any atom is 0.414 e. The number of carboxylic acid groups (broad SMARTS) is 1. The lowest BCUT2D eigenvalue weighted by molar-refractivity contribution is -0.147. The van der Waals surface area contributed by atoms with E-state index in [9.17, 15) is 58.5 Å². The van der Waals surface area contributed by atoms with Crippen molar-refractivity contribution in [2.75, 3.05) is 71.8 Å². The van der Waals surface area contributed by atoms with Crippen LogP contribution in [0.3, 0.4) is 0 Å². The number of nitrogens with two attached hydrogens (primary N) is 1. The van der Waals surface area contributed by atoms with Crippen LogP contribution in [0.15, 0.2) is 84.9 Å². The van der Waals surface area contributed by atoms with E-state index in [0.717, 1.165) is 17.5 Å². The van der Waals surface area contributed by atoms with Crippen LogP contribution in [0.4, 0.5) is 21.0 Å². The summed E-state index contributed by atoms with van der Waals surface area (Å²) in [5.41, 5.74) is 9.37. The van der Waals surface area contributed by atoms with E-state index in [-0.39, 0.29) is 116 Å². The van der Waals surface area contributed by atoms with Crippen molar-refractivity contribution in [2.45, 2.75) is 220 Å². The first-order valence-corrected chi connectivity index (χ1v) is 37.6. The molecule has 2 heterocycles. The second-order valence-corrected chi connectivity index (χ2v) is 29.3. The molecule has 27 nitrogen and oxygen atoms in total. The molecule has 11 N–H and O–H groups in total. The van der Waals surface area contributed by atoms with Crippen molar-refractivity contribution in [3.63, 3.8) is 0 Å². The number of ether oxygens (including phenoxy) is 3. The third-order valence-corrected chi connectivity index (χ3v) is 20.4. The fourth-order valence-electron chi connectivity index (χ4n) is 14.0. The number of hydrogen-bond acceptors (Lipinski definition) is 16. The second-order valence-electron chi connectivity index (χ2n) is 29.3. The Bertz CT molecular complexity index is 3440. The van der Waals surface area contributed by atoms with E-state index >= 15 is 0 Å². The molecule has 1 saturated heterocycles. The molecule has 3 aromatic carbocycles. The van der Waals surface area contributed by atoms with Gasteiger partial charge in [0.15, 0.2) is 11.8 Å². The van der Waals surface area contributed by atoms with Gasteiger partial charge < -0.3 is 77.0 Å². The number of carbonyl (C=O) groups is 9. The smallest absolute Gasteiger partial charge is 0.414 e. The number of aromatic hydroxyl groups is 2. The van der Waals surface area contributed by atoms with E-state index in [1.807, 2.05) is 127 Å². The summed E-state index contributed by atoms with van der Waals surface area (Å²) in [6, 6.07) is 19.2. The first-order valence-electron chi connectivity index (χ1n) is 37.6. The Morgan fingerprint density at radius 2 is 1.37 bits per heavy atom. The number of hydrogen-bond donors (Lipinski definition) is 10. The summed E-state index contributed by atoms with van der Waals surface area (Å²) in [6.07, 6.45) is 4.22. The van der Waals surface area contributed by atoms with Crippen molar-refractivity contribution in [3.8, 4) is 11.8 Å². The third-order valence-electron chi connectivity index (χ3n) is 20.4. The molecule has 0 radical (unpaired) electrons. The summed E-state index contributed by atoms with van der Waals surface area (Å²) in [7, 11) is 8.38. The van der Waals surface area contributed by atoms with Crippen LogP contribution < -0.4 is 42.5 Å². The molecule has 1 aliphatic rings. The zero-order chi connectivity index (χ0) is 78.5. The second kappa shape index (κ2) is 43.7. The lowest BCUT2D eigenvalue weighted by Crippen LogP contribution is -2.60. The number of aliphatic carboxylic acids is 1. The maximum atomic E-state index is 14.9. The Kier molecular flexibility index (Phi) is 36.2. The SMILES string of the molecule is CCc1cc(O)n(CCCCCC(=O)NC(C(=O)NC(CCCNC(N)=O)C(=O)Nc2ccc(COC(=O)N(C)c3ccc(CCN(C)C(C(=O)NC(C(=O)N(C)C(C(C)CC)C(CC(=O)N4CCCC4C(OC)C(C)CNC(Cc4ccccc4)C(=O)O)OC)C(C)C)C(C)C)cc3)cc2)C(C)C)c1O. The number of methoxy groups -OCH3 is 2. The van der Waals surface area contributed by atoms with Crippen LogP contribution in [-0.2, 0) is 80.2 Å². The number of primary amides is 1. The minimum absolute atomic E-state index is 0.00368. The summed E-state index contributed by atoms with van der Waals surface area (Å²) in [5, 5.41) is 47.9. The molecule has 106 heavy (non-hydrogen) atoms. The minimum Gasteiger partial charge on any atom is -0.494 e. The number of carboxylic acids is 1. The highest BCUT2D eigenvalue weighted by atomic mass is 16.6. The fraction of sp³-hybridized carbons (Fsp3) is 0.608. The first-order chi connectivity index (χ1) is 50.3. The Balaban J connectivity index is 1.12. The Hall–Kier alpha value is -8.79. The predicted octanol–water partition coefficient (Wildman–Crippen LogP) is 8.35. The number of nitrogens with zero attached hydrogens (tertiary/aromatic N) is 5. The number of urea groups is 1. The summed E-state index contributed by atoms with van der Waals surface area (Å²) in [5.74, 6) is -4.12. The normalized spacial score (nSPS) is 15.9. The highest BCUT2D eigenvalue weighted by Crippen LogP contribution is 2.32. The van der Waals surface area contributed by atoms with Gasteiger partial charge in [0.1, 0.15) is 30.8 Å². The Labute approximate surface area is 627 Å². The molecule has 11 atom stereocenters. The monoisotopic (exact) mass is 1480 g/mol. The Morgan fingerprint density at radius 1 is 0.708 bits per heavy atom. The molecule has 588 valence electrons. The lowest BCUT2D eigenvalue weighted by atomic mass is 9.89. The van der Waals surface area contributed by atoms with Crippen molar-refractivity contribution in [2.24, 2.45) is 35.3 Å². The van der Waals surface area contributed by atoms with Gasteiger partial charge in [-0.2, -0.15) is 0 Å². The average Bonchev–Trinajstić information content (AvgIpc) is 1.26. The van der Waals surface area contributed by atoms with Gasteiger partial charge in [-0.05, 0) is 135 Å². The number of likely N-dealkylation sites (tertiary alicyclic amines) is 1. The van der Waals surface area contributed by atoms with Crippen LogP contribution >= 0.6 is 0 Å². The molecular weight excluding hydrogens is 1360 g/mol. The van der Waals surface area contributed by atoms with E-state index in [4.69, 9.17) is 19.9 Å². The van der Waals surface area contributed by atoms with E-state index in [0.29, 0.717) is 100 Å². The summed E-state index contributed by atoms with van der Waals surface area (Å²) >= 11 is 0. The predicted molar refractivity (Wildman–Crippen MR) is 409 cm³/mol. The van der Waals surface area contributed by atoms with E-state index in [2.05, 4.69) is 31.9 Å². The van der Waals surface area contributed by atoms with E-state index in [1.165, 1.54) is 15.5 Å². The molecule has 0 saturated carbocycles. The molecule has 1 aliphatic heterocycles. The molecule has 1 aromatic heterocycles. The van der Waals surface area contributed by atoms with Crippen molar-refractivity contribution < 1.29 is 72.7 Å². The maximum absolute atomic E-state index is 14.9. The molecule has 9 amide bonds. The summed E-state index contributed by atoms with van der Waals surface area (Å²) < 4.78 is 19.4. The van der Waals surface area contributed by atoms with Gasteiger partial charge in [0, 0.05) is 90.5 Å². The number of benzene rings is 3. The largest absolute Gasteiger partial charge is 0.494 e. The van der Waals surface area contributed by atoms with Crippen molar-refractivity contribution >= 4 is 64.9 Å². The van der Waals surface area contributed by atoms with Gasteiger partial charge in [-0.25, -0.2) is 9.59 Å². The first kappa shape index (κ1) is 87.8. The van der Waals surface area contributed by atoms with Crippen LogP contribution in [-0.4, -0.2) is 204 Å². The lowest BCUT2D eigenvalue weighted by Gasteiger charge is -2.41. The zero-order valence-electron chi connectivity index (χ0n) is 65.2. The number of amides is 9. The highest BCUT2D eigenvalue weighted by Gasteiger charge is 2.43. The number of anilines is 2. The Morgan fingerprint density at radius 3 is 1.95 bits per heavy atom. The van der Waals surface area contributed by atoms with Crippen LogP contribution in [0.25, 0.3) is 0 Å². The standard InChI is InChI=1S/C79H122N12O15/c1-16-52(9)70(63(104-14)46-66(94)90-42-25-29-62(90)71(105-15)53(10)47-82-61(77(100)101)44-55-26-20-18-21-27-55)89(13)76(99)68(50(5)6)86-74(97)69(51(7)8)87(11)43-39-54-33-37-59(38-34-54)88(12)79(103)106-48-56-31-35-58(36-32-56)83-72(95)60(28-24-40-81-78(80)102)84-73(96)67(49(3)4)85-64(92)30-22-19-23-41-91-65(93)45-57(17-2)75(91)98/h18,20-21,26-27,31-38,45,49-53,60-63,67-71,82,93,98H,16-17,19,22-25,28-30,39-44,46-48H2,1-15H3,(H,83,95)(H,84,96)(H,85,92)(H,86,97)(H,100,101)(H3,80,81,102). The molecule has 0 aliphatic carbocycles. The van der Waals surface area contributed by atoms with Gasteiger partial charge in [0.05, 0.1) is 36.8 Å². The van der Waals surface area contributed by atoms with Gasteiger partial charge >= 0.3 is 18.1 Å². The minimum atomic E-state index is -1.07. The van der Waals surface area contributed by atoms with Gasteiger partial charge in [0.2, 0.25) is 35.4 Å². The summed E-state index contributed by atoms with van der Waals surface area (Å²) in [6.45, 7) is 21.0. The number of nitrogens with one attached hydrogen (secondary N) is 6. The topological polar surface area (TPSA) is 358 Å². The summed E-state index contributed by atoms with van der Waals surface area (Å²) in [4.78, 5) is 129. The molecule has 5 rings (SSSR count). The van der Waals surface area contributed by atoms with E-state index < -0.39 is 72.3 Å². The van der Waals surface area contributed by atoms with Crippen LogP contribution in [0.2, 0.25) is 0 Å². The molecule has 0 bridgehead atoms. The molecular formula is C79H122N12O15. The van der Waals surface area contributed by atoms with Crippen molar-refractivity contribution in [1.82, 2.24) is 45.9 Å². The van der Waals surface area contributed by atoms with Gasteiger partial charge in [-0.1, -0.05) is 137 Å². The van der Waals surface area contributed by atoms with Crippen LogP contribution in [0, 0.1) is 29.6 Å². The average molecular weight is 1480 g/mol. The number of aromatic nitrogens is 1. The van der Waals surface area contributed by atoms with Crippen molar-refractivity contribution in [1.29, 1.82) is 0 Å². The molecule has 11 unspecified atom stereocenters. The number of aryl methyl sites for hydroxylation is 1. The quantitative estimate of drug-likeness (QED) is 0.0186. The number of likely N-dealkylation sites (N-methyl/N-ethyl adjacent to an activating group) is 2. The number of carbonyl (C=O) groups excluding carboxylic acids is 8. The van der Waals surface area contributed by atoms with Crippen LogP contribution in [0.5, 0.6) is 11.8 Å². The highest BCUT2D eigenvalue weighted by molar-refractivity contribution is 5.98. The fourth-order valence-corrected chi connectivity index (χ4v) is 14.0. The van der Waals surface area contributed by atoms with Crippen molar-refractivity contribution in [3.05, 3.63) is 107 Å².